The molecule has 1 aliphatic rings. The number of Topliss-reactive ketones (excluding diaryl/α,β-unsaturated/α-hetero) is 1. The van der Waals surface area contributed by atoms with Gasteiger partial charge in [0.25, 0.3) is 0 Å². The molecule has 2 atom stereocenters. The molecule has 0 N–H and O–H groups in total. The van der Waals surface area contributed by atoms with E-state index in [2.05, 4.69) is 0 Å². The lowest BCUT2D eigenvalue weighted by Crippen LogP contribution is -2.52. The van der Waals surface area contributed by atoms with Crippen molar-refractivity contribution in [2.75, 3.05) is 20.3 Å². The highest BCUT2D eigenvalue weighted by atomic mass is 35.5. The summed E-state index contributed by atoms with van der Waals surface area (Å²) in [7, 11) is 1.59. The molecule has 2 rings (SSSR count). The van der Waals surface area contributed by atoms with Crippen molar-refractivity contribution in [3.05, 3.63) is 28.8 Å². The van der Waals surface area contributed by atoms with Gasteiger partial charge in [-0.05, 0) is 24.6 Å². The van der Waals surface area contributed by atoms with Gasteiger partial charge in [0.05, 0.1) is 18.2 Å². The molecule has 1 fully saturated rings. The molecule has 1 aromatic carbocycles. The van der Waals surface area contributed by atoms with Gasteiger partial charge in [-0.3, -0.25) is 4.79 Å². The number of ketones is 1. The van der Waals surface area contributed by atoms with Crippen molar-refractivity contribution in [3.63, 3.8) is 0 Å². The van der Waals surface area contributed by atoms with Crippen LogP contribution >= 0.6 is 11.6 Å². The van der Waals surface area contributed by atoms with Gasteiger partial charge < -0.3 is 14.2 Å². The van der Waals surface area contributed by atoms with Crippen molar-refractivity contribution in [2.24, 2.45) is 0 Å². The lowest BCUT2D eigenvalue weighted by molar-refractivity contribution is -0.156. The fraction of sp³-hybridized carbons (Fsp3) is 0.500. The van der Waals surface area contributed by atoms with Gasteiger partial charge in [0.1, 0.15) is 11.9 Å². The molecule has 104 valence electrons. The Morgan fingerprint density at radius 2 is 2.16 bits per heavy atom. The first-order valence-electron chi connectivity index (χ1n) is 6.18. The van der Waals surface area contributed by atoms with E-state index >= 15 is 0 Å². The van der Waals surface area contributed by atoms with E-state index in [0.29, 0.717) is 30.4 Å². The first-order valence-corrected chi connectivity index (χ1v) is 6.55. The van der Waals surface area contributed by atoms with Crippen molar-refractivity contribution in [3.8, 4) is 5.75 Å². The number of benzene rings is 1. The number of hydrogen-bond donors (Lipinski definition) is 0. The van der Waals surface area contributed by atoms with E-state index in [4.69, 9.17) is 25.8 Å². The Balaban J connectivity index is 1.93. The Labute approximate surface area is 117 Å². The second-order valence-corrected chi connectivity index (χ2v) is 4.95. The summed E-state index contributed by atoms with van der Waals surface area (Å²) in [5, 5.41) is 0.551. The highest BCUT2D eigenvalue weighted by Crippen LogP contribution is 2.31. The molecule has 5 heteroatoms. The number of carbonyl (C=O) groups is 1. The predicted octanol–water partition coefficient (Wildman–Crippen LogP) is 2.40. The molecule has 0 bridgehead atoms. The van der Waals surface area contributed by atoms with Crippen molar-refractivity contribution < 1.29 is 19.0 Å². The van der Waals surface area contributed by atoms with Crippen LogP contribution in [0.3, 0.4) is 0 Å². The zero-order valence-electron chi connectivity index (χ0n) is 11.0. The Bertz CT molecular complexity index is 461. The summed E-state index contributed by atoms with van der Waals surface area (Å²) in [5.74, 6) is 0.648. The van der Waals surface area contributed by atoms with Gasteiger partial charge in [-0.1, -0.05) is 17.7 Å². The Morgan fingerprint density at radius 3 is 2.79 bits per heavy atom. The second kappa shape index (κ2) is 6.37. The summed E-state index contributed by atoms with van der Waals surface area (Å²) in [4.78, 5) is 11.5. The van der Waals surface area contributed by atoms with Crippen LogP contribution in [0.25, 0.3) is 0 Å². The van der Waals surface area contributed by atoms with Gasteiger partial charge in [-0.15, -0.1) is 0 Å². The van der Waals surface area contributed by atoms with Gasteiger partial charge in [0, 0.05) is 13.5 Å². The van der Waals surface area contributed by atoms with E-state index in [9.17, 15) is 4.79 Å². The van der Waals surface area contributed by atoms with E-state index < -0.39 is 6.10 Å². The monoisotopic (exact) mass is 284 g/mol. The van der Waals surface area contributed by atoms with Gasteiger partial charge in [0.15, 0.2) is 11.9 Å². The molecular weight excluding hydrogens is 268 g/mol. The topological polar surface area (TPSA) is 44.8 Å². The van der Waals surface area contributed by atoms with Crippen LogP contribution in [-0.2, 0) is 14.3 Å². The standard InChI is InChI=1S/C14H17ClO4/c1-9-3-4-12(10(15)7-9)19-13-8-11(16)14(13)18-6-5-17-2/h3-4,7,13-14H,5-6,8H2,1-2H3. The van der Waals surface area contributed by atoms with E-state index in [1.54, 1.807) is 7.11 Å². The van der Waals surface area contributed by atoms with Crippen molar-refractivity contribution in [1.29, 1.82) is 0 Å². The second-order valence-electron chi connectivity index (χ2n) is 4.54. The largest absolute Gasteiger partial charge is 0.485 e. The number of aryl methyl sites for hydroxylation is 1. The highest BCUT2D eigenvalue weighted by molar-refractivity contribution is 6.32. The normalized spacial score (nSPS) is 22.2. The van der Waals surface area contributed by atoms with E-state index in [1.165, 1.54) is 0 Å². The van der Waals surface area contributed by atoms with Crippen LogP contribution in [-0.4, -0.2) is 38.3 Å². The number of ether oxygens (including phenoxy) is 3. The number of methoxy groups -OCH3 is 1. The first kappa shape index (κ1) is 14.3. The van der Waals surface area contributed by atoms with Crippen LogP contribution in [0.15, 0.2) is 18.2 Å². The maximum absolute atomic E-state index is 11.5. The summed E-state index contributed by atoms with van der Waals surface area (Å²) in [6.45, 7) is 2.80. The fourth-order valence-corrected chi connectivity index (χ4v) is 2.17. The Morgan fingerprint density at radius 1 is 1.37 bits per heavy atom. The molecular formula is C14H17ClO4. The Hall–Kier alpha value is -1.10. The molecule has 0 aromatic heterocycles. The SMILES string of the molecule is COCCOC1C(=O)CC1Oc1ccc(C)cc1Cl. The molecule has 0 aliphatic heterocycles. The third kappa shape index (κ3) is 3.47. The summed E-state index contributed by atoms with van der Waals surface area (Å²) in [6.07, 6.45) is -0.404. The molecule has 0 spiro atoms. The smallest absolute Gasteiger partial charge is 0.169 e. The number of rotatable bonds is 6. The zero-order chi connectivity index (χ0) is 13.8. The summed E-state index contributed by atoms with van der Waals surface area (Å²) in [5.41, 5.74) is 1.06. The van der Waals surface area contributed by atoms with E-state index in [1.807, 2.05) is 25.1 Å². The van der Waals surface area contributed by atoms with Crippen LogP contribution in [0.2, 0.25) is 5.02 Å². The molecule has 1 saturated carbocycles. The van der Waals surface area contributed by atoms with Crippen LogP contribution in [0.1, 0.15) is 12.0 Å². The molecule has 0 saturated heterocycles. The Kier molecular flexibility index (Phi) is 4.80. The average Bonchev–Trinajstić information content (AvgIpc) is 2.37. The number of hydrogen-bond acceptors (Lipinski definition) is 4. The van der Waals surface area contributed by atoms with Crippen LogP contribution in [0, 0.1) is 6.92 Å². The van der Waals surface area contributed by atoms with Crippen LogP contribution < -0.4 is 4.74 Å². The summed E-state index contributed by atoms with van der Waals surface area (Å²) in [6, 6.07) is 5.56. The molecule has 2 unspecified atom stereocenters. The summed E-state index contributed by atoms with van der Waals surface area (Å²) < 4.78 is 16.1. The minimum absolute atomic E-state index is 0.0596. The van der Waals surface area contributed by atoms with E-state index in [-0.39, 0.29) is 11.9 Å². The predicted molar refractivity (Wildman–Crippen MR) is 71.8 cm³/mol. The molecule has 19 heavy (non-hydrogen) atoms. The average molecular weight is 285 g/mol. The van der Waals surface area contributed by atoms with Crippen LogP contribution in [0.4, 0.5) is 0 Å². The number of halogens is 1. The minimum atomic E-state index is -0.507. The fourth-order valence-electron chi connectivity index (χ4n) is 1.90. The highest BCUT2D eigenvalue weighted by Gasteiger charge is 2.42. The van der Waals surface area contributed by atoms with Crippen molar-refractivity contribution in [1.82, 2.24) is 0 Å². The molecule has 0 heterocycles. The lowest BCUT2D eigenvalue weighted by atomic mass is 9.90. The molecule has 0 amide bonds. The van der Waals surface area contributed by atoms with Gasteiger partial charge in [-0.25, -0.2) is 0 Å². The van der Waals surface area contributed by atoms with E-state index in [0.717, 1.165) is 5.56 Å². The summed E-state index contributed by atoms with van der Waals surface area (Å²) >= 11 is 6.09. The van der Waals surface area contributed by atoms with Gasteiger partial charge in [-0.2, -0.15) is 0 Å². The molecule has 4 nitrogen and oxygen atoms in total. The quantitative estimate of drug-likeness (QED) is 0.753. The molecule has 1 aliphatic carbocycles. The van der Waals surface area contributed by atoms with Gasteiger partial charge in [0.2, 0.25) is 0 Å². The van der Waals surface area contributed by atoms with Crippen LogP contribution in [0.5, 0.6) is 5.75 Å². The maximum Gasteiger partial charge on any atom is 0.169 e. The van der Waals surface area contributed by atoms with Crippen molar-refractivity contribution >= 4 is 17.4 Å². The number of carbonyl (C=O) groups excluding carboxylic acids is 1. The van der Waals surface area contributed by atoms with Crippen molar-refractivity contribution in [2.45, 2.75) is 25.6 Å². The third-order valence-corrected chi connectivity index (χ3v) is 3.30. The third-order valence-electron chi connectivity index (χ3n) is 3.01. The molecule has 1 aromatic rings. The maximum atomic E-state index is 11.5. The lowest BCUT2D eigenvalue weighted by Gasteiger charge is -2.34. The minimum Gasteiger partial charge on any atom is -0.485 e. The molecule has 0 radical (unpaired) electrons. The van der Waals surface area contributed by atoms with Gasteiger partial charge >= 0.3 is 0 Å². The zero-order valence-corrected chi connectivity index (χ0v) is 11.8. The first-order chi connectivity index (χ1) is 9.11.